The maximum absolute atomic E-state index is 12.7. The highest BCUT2D eigenvalue weighted by Crippen LogP contribution is 2.29. The topological polar surface area (TPSA) is 67.3 Å². The Balaban J connectivity index is 1.45. The van der Waals surface area contributed by atoms with Gasteiger partial charge in [-0.3, -0.25) is 9.78 Å². The number of amides is 1. The fourth-order valence-electron chi connectivity index (χ4n) is 3.86. The van der Waals surface area contributed by atoms with Crippen LogP contribution in [0.2, 0.25) is 0 Å². The Morgan fingerprint density at radius 2 is 1.71 bits per heavy atom. The first-order valence-corrected chi connectivity index (χ1v) is 10.9. The smallest absolute Gasteiger partial charge is 0.251 e. The number of anilines is 1. The number of nitrogens with one attached hydrogen (secondary N) is 1. The zero-order valence-corrected chi connectivity index (χ0v) is 18.0. The van der Waals surface area contributed by atoms with Crippen molar-refractivity contribution in [3.63, 3.8) is 0 Å². The van der Waals surface area contributed by atoms with Crippen molar-refractivity contribution in [3.05, 3.63) is 72.1 Å². The van der Waals surface area contributed by atoms with Crippen LogP contribution in [0, 0.1) is 0 Å². The standard InChI is InChI=1S/C25H28N4O2/c1-3-31-22-12-10-19(11-13-22)18(2)28-25(30)21-8-6-20(7-9-21)23-24(27-15-14-26-23)29-16-4-5-17-29/h6-15,18H,3-5,16-17H2,1-2H3,(H,28,30)/t18-/m1/s1. The van der Waals surface area contributed by atoms with Crippen LogP contribution in [-0.4, -0.2) is 35.6 Å². The lowest BCUT2D eigenvalue weighted by molar-refractivity contribution is 0.0940. The van der Waals surface area contributed by atoms with E-state index in [1.165, 1.54) is 12.8 Å². The van der Waals surface area contributed by atoms with Gasteiger partial charge in [-0.25, -0.2) is 4.98 Å². The van der Waals surface area contributed by atoms with E-state index in [-0.39, 0.29) is 11.9 Å². The lowest BCUT2D eigenvalue weighted by atomic mass is 10.1. The Morgan fingerprint density at radius 1 is 1.03 bits per heavy atom. The molecule has 6 heteroatoms. The van der Waals surface area contributed by atoms with Gasteiger partial charge in [0, 0.05) is 36.6 Å². The van der Waals surface area contributed by atoms with Gasteiger partial charge in [0.1, 0.15) is 11.4 Å². The van der Waals surface area contributed by atoms with Gasteiger partial charge in [-0.1, -0.05) is 24.3 Å². The number of benzene rings is 2. The summed E-state index contributed by atoms with van der Waals surface area (Å²) < 4.78 is 5.48. The van der Waals surface area contributed by atoms with Crippen molar-refractivity contribution in [1.82, 2.24) is 15.3 Å². The highest BCUT2D eigenvalue weighted by atomic mass is 16.5. The predicted octanol–water partition coefficient (Wildman–Crippen LogP) is 4.63. The zero-order chi connectivity index (χ0) is 21.6. The Bertz CT molecular complexity index is 1010. The summed E-state index contributed by atoms with van der Waals surface area (Å²) in [4.78, 5) is 24.2. The summed E-state index contributed by atoms with van der Waals surface area (Å²) in [7, 11) is 0. The van der Waals surface area contributed by atoms with Gasteiger partial charge in [-0.2, -0.15) is 0 Å². The third kappa shape index (κ3) is 4.85. The summed E-state index contributed by atoms with van der Waals surface area (Å²) in [5.74, 6) is 1.64. The summed E-state index contributed by atoms with van der Waals surface area (Å²) >= 11 is 0. The second-order valence-electron chi connectivity index (χ2n) is 7.70. The average molecular weight is 417 g/mol. The molecule has 1 aromatic heterocycles. The van der Waals surface area contributed by atoms with Gasteiger partial charge < -0.3 is 15.0 Å². The van der Waals surface area contributed by atoms with Crippen LogP contribution in [0.5, 0.6) is 5.75 Å². The largest absolute Gasteiger partial charge is 0.494 e. The number of carbonyl (C=O) groups excluding carboxylic acids is 1. The maximum Gasteiger partial charge on any atom is 0.251 e. The highest BCUT2D eigenvalue weighted by molar-refractivity contribution is 5.95. The number of rotatable bonds is 7. The summed E-state index contributed by atoms with van der Waals surface area (Å²) in [5.41, 5.74) is 3.47. The zero-order valence-electron chi connectivity index (χ0n) is 18.0. The molecule has 3 aromatic rings. The molecule has 1 saturated heterocycles. The van der Waals surface area contributed by atoms with Crippen molar-refractivity contribution >= 4 is 11.7 Å². The third-order valence-corrected chi connectivity index (χ3v) is 5.54. The maximum atomic E-state index is 12.7. The molecule has 1 aliphatic rings. The molecule has 1 atom stereocenters. The fraction of sp³-hybridized carbons (Fsp3) is 0.320. The molecule has 1 amide bonds. The summed E-state index contributed by atoms with van der Waals surface area (Å²) in [6.07, 6.45) is 5.82. The van der Waals surface area contributed by atoms with E-state index in [9.17, 15) is 4.79 Å². The second kappa shape index (κ2) is 9.60. The Hall–Kier alpha value is -3.41. The lowest BCUT2D eigenvalue weighted by Gasteiger charge is -2.19. The van der Waals surface area contributed by atoms with Gasteiger partial charge >= 0.3 is 0 Å². The van der Waals surface area contributed by atoms with Crippen LogP contribution in [-0.2, 0) is 0 Å². The van der Waals surface area contributed by atoms with E-state index in [0.29, 0.717) is 12.2 Å². The van der Waals surface area contributed by atoms with Crippen molar-refractivity contribution in [1.29, 1.82) is 0 Å². The van der Waals surface area contributed by atoms with E-state index in [1.807, 2.05) is 62.4 Å². The van der Waals surface area contributed by atoms with Gasteiger partial charge in [0.15, 0.2) is 5.82 Å². The van der Waals surface area contributed by atoms with Crippen molar-refractivity contribution in [2.45, 2.75) is 32.7 Å². The van der Waals surface area contributed by atoms with Gasteiger partial charge in [0.25, 0.3) is 5.91 Å². The lowest BCUT2D eigenvalue weighted by Crippen LogP contribution is -2.26. The molecule has 6 nitrogen and oxygen atoms in total. The van der Waals surface area contributed by atoms with Crippen molar-refractivity contribution in [3.8, 4) is 17.0 Å². The van der Waals surface area contributed by atoms with Crippen LogP contribution in [0.4, 0.5) is 5.82 Å². The van der Waals surface area contributed by atoms with Gasteiger partial charge in [0.05, 0.1) is 12.6 Å². The first-order valence-electron chi connectivity index (χ1n) is 10.9. The fourth-order valence-corrected chi connectivity index (χ4v) is 3.86. The molecular weight excluding hydrogens is 388 g/mol. The predicted molar refractivity (Wildman–Crippen MR) is 122 cm³/mol. The van der Waals surface area contributed by atoms with Gasteiger partial charge in [-0.05, 0) is 56.5 Å². The molecule has 1 fully saturated rings. The molecule has 0 spiro atoms. The van der Waals surface area contributed by atoms with Crippen LogP contribution >= 0.6 is 0 Å². The molecule has 0 aliphatic carbocycles. The Labute approximate surface area is 183 Å². The van der Waals surface area contributed by atoms with E-state index in [0.717, 1.165) is 41.5 Å². The minimum absolute atomic E-state index is 0.105. The van der Waals surface area contributed by atoms with Gasteiger partial charge in [0.2, 0.25) is 0 Å². The molecule has 1 aliphatic heterocycles. The minimum Gasteiger partial charge on any atom is -0.494 e. The molecule has 0 saturated carbocycles. The van der Waals surface area contributed by atoms with Crippen LogP contribution in [0.25, 0.3) is 11.3 Å². The molecule has 0 bridgehead atoms. The van der Waals surface area contributed by atoms with Gasteiger partial charge in [-0.15, -0.1) is 0 Å². The number of nitrogens with zero attached hydrogens (tertiary/aromatic N) is 3. The summed E-state index contributed by atoms with van der Waals surface area (Å²) in [6, 6.07) is 15.3. The number of hydrogen-bond acceptors (Lipinski definition) is 5. The molecule has 31 heavy (non-hydrogen) atoms. The molecule has 2 aromatic carbocycles. The minimum atomic E-state index is -0.107. The van der Waals surface area contributed by atoms with E-state index < -0.39 is 0 Å². The second-order valence-corrected chi connectivity index (χ2v) is 7.70. The molecule has 1 N–H and O–H groups in total. The monoisotopic (exact) mass is 416 g/mol. The average Bonchev–Trinajstić information content (AvgIpc) is 3.35. The van der Waals surface area contributed by atoms with E-state index in [1.54, 1.807) is 12.4 Å². The molecule has 4 rings (SSSR count). The van der Waals surface area contributed by atoms with Crippen molar-refractivity contribution in [2.24, 2.45) is 0 Å². The number of ether oxygens (including phenoxy) is 1. The van der Waals surface area contributed by atoms with Crippen molar-refractivity contribution < 1.29 is 9.53 Å². The Kier molecular flexibility index (Phi) is 6.46. The summed E-state index contributed by atoms with van der Waals surface area (Å²) in [5, 5.41) is 3.06. The molecule has 160 valence electrons. The molecule has 0 unspecified atom stereocenters. The van der Waals surface area contributed by atoms with Crippen LogP contribution in [0.3, 0.4) is 0 Å². The highest BCUT2D eigenvalue weighted by Gasteiger charge is 2.19. The third-order valence-electron chi connectivity index (χ3n) is 5.54. The first-order chi connectivity index (χ1) is 15.2. The number of aromatic nitrogens is 2. The van der Waals surface area contributed by atoms with Crippen LogP contribution < -0.4 is 15.0 Å². The number of hydrogen-bond donors (Lipinski definition) is 1. The Morgan fingerprint density at radius 3 is 2.39 bits per heavy atom. The van der Waals surface area contributed by atoms with Crippen LogP contribution in [0.1, 0.15) is 48.7 Å². The van der Waals surface area contributed by atoms with E-state index in [2.05, 4.69) is 20.2 Å². The SMILES string of the molecule is CCOc1ccc([C@@H](C)NC(=O)c2ccc(-c3nccnc3N3CCCC3)cc2)cc1. The molecular formula is C25H28N4O2. The number of carbonyl (C=O) groups is 1. The normalized spacial score (nSPS) is 14.3. The van der Waals surface area contributed by atoms with E-state index in [4.69, 9.17) is 4.74 Å². The van der Waals surface area contributed by atoms with Crippen molar-refractivity contribution in [2.75, 3.05) is 24.6 Å². The van der Waals surface area contributed by atoms with E-state index >= 15 is 0 Å². The van der Waals surface area contributed by atoms with Crippen LogP contribution in [0.15, 0.2) is 60.9 Å². The molecule has 2 heterocycles. The molecule has 0 radical (unpaired) electrons. The quantitative estimate of drug-likeness (QED) is 0.608. The first kappa shape index (κ1) is 20.8. The summed E-state index contributed by atoms with van der Waals surface area (Å²) in [6.45, 7) is 6.59.